The number of aromatic nitrogens is 1. The van der Waals surface area contributed by atoms with Crippen LogP contribution in [-0.4, -0.2) is 145 Å². The van der Waals surface area contributed by atoms with Crippen LogP contribution in [0.15, 0.2) is 81.6 Å². The molecule has 6 rings (SSSR count). The second-order valence-electron chi connectivity index (χ2n) is 16.8. The van der Waals surface area contributed by atoms with Gasteiger partial charge in [-0.15, -0.1) is 23.5 Å². The Hall–Kier alpha value is -3.78. The lowest BCUT2D eigenvalue weighted by atomic mass is 10.1. The number of carbonyl (C=O) groups is 4. The lowest BCUT2D eigenvalue weighted by molar-refractivity contribution is -0.130. The number of unbranched alkanes of at least 4 members (excludes halogenated alkanes) is 2. The van der Waals surface area contributed by atoms with Crippen LogP contribution in [0.4, 0.5) is 0 Å². The van der Waals surface area contributed by atoms with Crippen LogP contribution in [0.25, 0.3) is 0 Å². The number of fused-ring (bicyclic) bond motifs is 3. The highest BCUT2D eigenvalue weighted by atomic mass is 32.3. The summed E-state index contributed by atoms with van der Waals surface area (Å²) >= 11 is 10.5. The van der Waals surface area contributed by atoms with E-state index in [-0.39, 0.29) is 56.2 Å². The number of benzene rings is 2. The zero-order chi connectivity index (χ0) is 52.9. The second kappa shape index (κ2) is 34.9. The lowest BCUT2D eigenvalue weighted by Crippen LogP contribution is -2.48. The minimum absolute atomic E-state index is 0.0629. The first-order valence-corrected chi connectivity index (χ1v) is 31.0. The summed E-state index contributed by atoms with van der Waals surface area (Å²) in [5, 5.41) is 11.8. The quantitative estimate of drug-likeness (QED) is 0.0784. The van der Waals surface area contributed by atoms with E-state index >= 15 is 0 Å². The highest BCUT2D eigenvalue weighted by molar-refractivity contribution is 8.42. The third-order valence-corrected chi connectivity index (χ3v) is 19.5. The molecule has 4 amide bonds. The number of hydrogen-bond acceptors (Lipinski definition) is 18. The highest BCUT2D eigenvalue weighted by Crippen LogP contribution is 2.64. The smallest absolute Gasteiger partial charge is 0.251 e. The van der Waals surface area contributed by atoms with E-state index in [0.29, 0.717) is 114 Å². The number of nitrogens with zero attached hydrogens (tertiary/aromatic N) is 1. The molecule has 3 aliphatic heterocycles. The lowest BCUT2D eigenvalue weighted by Gasteiger charge is -2.19. The molecule has 17 nitrogen and oxygen atoms in total. The van der Waals surface area contributed by atoms with Crippen molar-refractivity contribution in [3.05, 3.63) is 77.4 Å². The van der Waals surface area contributed by atoms with Crippen molar-refractivity contribution in [2.75, 3.05) is 111 Å². The van der Waals surface area contributed by atoms with Crippen LogP contribution in [0.2, 0.25) is 0 Å². The molecular weight excluding hydrogens is 1080 g/mol. The predicted octanol–water partition coefficient (Wildman–Crippen LogP) is 8.73. The van der Waals surface area contributed by atoms with Crippen molar-refractivity contribution in [2.24, 2.45) is 0 Å². The molecule has 0 unspecified atom stereocenters. The summed E-state index contributed by atoms with van der Waals surface area (Å²) in [5.41, 5.74) is 0.459. The topological polar surface area (TPSA) is 195 Å². The summed E-state index contributed by atoms with van der Waals surface area (Å²) < 4.78 is 53.4. The van der Waals surface area contributed by atoms with Gasteiger partial charge in [-0.25, -0.2) is 0 Å². The van der Waals surface area contributed by atoms with Crippen LogP contribution in [0.3, 0.4) is 0 Å². The van der Waals surface area contributed by atoms with E-state index in [1.54, 1.807) is 88.8 Å². The van der Waals surface area contributed by atoms with Gasteiger partial charge in [0, 0.05) is 59.6 Å². The summed E-state index contributed by atoms with van der Waals surface area (Å²) in [5.74, 6) is 2.17. The van der Waals surface area contributed by atoms with Gasteiger partial charge >= 0.3 is 0 Å². The van der Waals surface area contributed by atoms with E-state index in [4.69, 9.17) is 37.9 Å². The van der Waals surface area contributed by atoms with Gasteiger partial charge in [-0.3, -0.25) is 19.2 Å². The Bertz CT molecular complexity index is 2330. The summed E-state index contributed by atoms with van der Waals surface area (Å²) in [6.45, 7) is 10.1. The number of ether oxygens (including phenoxy) is 8. The highest BCUT2D eigenvalue weighted by Gasteiger charge is 2.30. The van der Waals surface area contributed by atoms with Crippen molar-refractivity contribution in [1.82, 2.24) is 25.8 Å². The van der Waals surface area contributed by atoms with Crippen molar-refractivity contribution >= 4 is 94.2 Å². The Morgan fingerprint density at radius 2 is 1.12 bits per heavy atom. The summed E-state index contributed by atoms with van der Waals surface area (Å²) in [7, 11) is 0. The van der Waals surface area contributed by atoms with Gasteiger partial charge in [0.05, 0.1) is 69.8 Å². The maximum absolute atomic E-state index is 13.4. The molecule has 0 saturated heterocycles. The zero-order valence-electron chi connectivity index (χ0n) is 43.0. The minimum atomic E-state index is -0.795. The molecule has 412 valence electrons. The van der Waals surface area contributed by atoms with Crippen molar-refractivity contribution in [1.29, 1.82) is 0 Å². The second-order valence-corrected chi connectivity index (χ2v) is 23.9. The van der Waals surface area contributed by atoms with Crippen LogP contribution < -0.4 is 40.2 Å². The number of nitrogens with one attached hydrogen (secondary N) is 4. The molecule has 0 fully saturated rings. The molecule has 23 heteroatoms. The molecule has 1 atom stereocenters. The first kappa shape index (κ1) is 60.4. The third kappa shape index (κ3) is 21.5. The summed E-state index contributed by atoms with van der Waals surface area (Å²) in [6, 6.07) is 11.9. The molecule has 0 aliphatic carbocycles. The van der Waals surface area contributed by atoms with Crippen molar-refractivity contribution < 1.29 is 57.1 Å². The maximum Gasteiger partial charge on any atom is 0.251 e. The Labute approximate surface area is 466 Å². The molecule has 4 N–H and O–H groups in total. The fourth-order valence-corrected chi connectivity index (χ4v) is 15.4. The maximum atomic E-state index is 13.4. The van der Waals surface area contributed by atoms with Crippen molar-refractivity contribution in [3.8, 4) is 23.0 Å². The number of amides is 4. The average Bonchev–Trinajstić information content (AvgIpc) is 4.13. The Kier molecular flexibility index (Phi) is 28.1. The zero-order valence-corrected chi connectivity index (χ0v) is 47.9. The number of carbonyl (C=O) groups excluding carboxylic acids is 4. The van der Waals surface area contributed by atoms with Crippen LogP contribution in [0.1, 0.15) is 69.2 Å². The minimum Gasteiger partial charge on any atom is -0.487 e. The fourth-order valence-electron chi connectivity index (χ4n) is 7.14. The fraction of sp³-hybridized carbons (Fsp3) is 0.538. The molecule has 3 aromatic rings. The molecule has 0 bridgehead atoms. The van der Waals surface area contributed by atoms with E-state index in [1.807, 2.05) is 48.1 Å². The molecule has 4 heterocycles. The molecule has 0 spiro atoms. The molecule has 0 radical (unpaired) electrons. The van der Waals surface area contributed by atoms with Gasteiger partial charge < -0.3 is 63.7 Å². The van der Waals surface area contributed by atoms with E-state index in [9.17, 15) is 19.2 Å². The molecule has 2 aromatic carbocycles. The van der Waals surface area contributed by atoms with Crippen LogP contribution in [-0.2, 0) is 39.9 Å². The molecular formula is C52H71N5O12S6. The van der Waals surface area contributed by atoms with Gasteiger partial charge in [-0.2, -0.15) is 0 Å². The standard InChI is InChI=1S/C52H71N5O12S6/c1-4-6-17-53-45(58)16-14-38(48(61)55-18-7-5-2)56-46(59)36-57-34-43-44(35-57)73-51(72-43)52-74-49(70-3)50(75-52)71-32-10-19-54-47(60)37-13-15-41-42(33-37)69-31-27-65-23-22-63-25-29-67-40-12-9-8-11-39(40)66-28-24-62-20-21-64-26-30-68-41/h8-9,11-13,15,33-35,38H,4-7,10,14,16-32,36H2,1-3H3,(H,53,58)(H,54,60)(H,55,61)(H,56,59)/t38-/m0/s1. The summed E-state index contributed by atoms with van der Waals surface area (Å²) in [4.78, 5) is 54.2. The molecule has 0 saturated carbocycles. The van der Waals surface area contributed by atoms with Crippen LogP contribution >= 0.6 is 70.6 Å². The Balaban J connectivity index is 0.921. The van der Waals surface area contributed by atoms with Gasteiger partial charge in [0.15, 0.2) is 23.0 Å². The Morgan fingerprint density at radius 3 is 1.71 bits per heavy atom. The predicted molar refractivity (Wildman–Crippen MR) is 303 cm³/mol. The van der Waals surface area contributed by atoms with E-state index in [0.717, 1.165) is 47.6 Å². The number of thioether (sulfide) groups is 6. The third-order valence-electron chi connectivity index (χ3n) is 11.0. The SMILES string of the molecule is CCCCNC(=O)CC[C@H](NC(=O)Cn1cc2c(c1)SC(=C1SC(SC)=C(SCCCNC(=O)c3ccc4c(c3)OCCOCCOCCOc3ccccc3OCCOCCOCCO4)S1)S2)C(=O)NCCCC. The van der Waals surface area contributed by atoms with Crippen LogP contribution in [0.5, 0.6) is 23.0 Å². The van der Waals surface area contributed by atoms with Crippen LogP contribution in [0, 0.1) is 0 Å². The monoisotopic (exact) mass is 1150 g/mol. The van der Waals surface area contributed by atoms with Gasteiger partial charge in [0.2, 0.25) is 17.7 Å². The van der Waals surface area contributed by atoms with Gasteiger partial charge in [-0.1, -0.05) is 85.9 Å². The molecule has 1 aromatic heterocycles. The molecule has 3 aliphatic rings. The van der Waals surface area contributed by atoms with Gasteiger partial charge in [0.1, 0.15) is 39.0 Å². The van der Waals surface area contributed by atoms with Gasteiger partial charge in [0.25, 0.3) is 5.91 Å². The number of para-hydroxylation sites is 2. The van der Waals surface area contributed by atoms with E-state index in [1.165, 1.54) is 16.9 Å². The van der Waals surface area contributed by atoms with E-state index in [2.05, 4.69) is 34.4 Å². The first-order valence-electron chi connectivity index (χ1n) is 25.5. The Morgan fingerprint density at radius 1 is 0.600 bits per heavy atom. The summed E-state index contributed by atoms with van der Waals surface area (Å²) in [6.07, 6.45) is 10.9. The van der Waals surface area contributed by atoms with Crippen molar-refractivity contribution in [3.63, 3.8) is 0 Å². The van der Waals surface area contributed by atoms with E-state index < -0.39 is 6.04 Å². The van der Waals surface area contributed by atoms with Crippen molar-refractivity contribution in [2.45, 2.75) is 81.2 Å². The number of hydrogen-bond donors (Lipinski definition) is 4. The van der Waals surface area contributed by atoms with Gasteiger partial charge in [-0.05, 0) is 62.3 Å². The first-order chi connectivity index (χ1) is 36.7. The number of rotatable bonds is 20. The largest absolute Gasteiger partial charge is 0.487 e. The molecule has 75 heavy (non-hydrogen) atoms. The normalized spacial score (nSPS) is 16.6. The average molecular weight is 1150 g/mol.